The molecule has 0 amide bonds. The summed E-state index contributed by atoms with van der Waals surface area (Å²) < 4.78 is 87.2. The second-order valence-electron chi connectivity index (χ2n) is 2.81. The summed E-state index contributed by atoms with van der Waals surface area (Å²) >= 11 is 0. The van der Waals surface area contributed by atoms with Gasteiger partial charge in [-0.15, -0.1) is 13.2 Å². The number of rotatable bonds is 2. The average molecular weight is 286 g/mol. The predicted octanol–water partition coefficient (Wildman–Crippen LogP) is -0.217. The van der Waals surface area contributed by atoms with E-state index in [0.29, 0.717) is 6.07 Å². The van der Waals surface area contributed by atoms with Crippen molar-refractivity contribution in [2.24, 2.45) is 0 Å². The number of benzene rings is 1. The van der Waals surface area contributed by atoms with Gasteiger partial charge in [-0.3, -0.25) is 0 Å². The van der Waals surface area contributed by atoms with Crippen LogP contribution in [-0.2, 0) is 0 Å². The smallest absolute Gasteiger partial charge is 0.445 e. The van der Waals surface area contributed by atoms with Crippen LogP contribution < -0.4 is 61.6 Å². The summed E-state index contributed by atoms with van der Waals surface area (Å²) in [6.45, 7) is -5.59. The van der Waals surface area contributed by atoms with Crippen LogP contribution in [0.2, 0.25) is 0 Å². The van der Waals surface area contributed by atoms with Crippen molar-refractivity contribution in [3.8, 4) is 5.75 Å². The van der Waals surface area contributed by atoms with Gasteiger partial charge in [0.2, 0.25) is 0 Å². The molecule has 1 nitrogen and oxygen atoms in total. The molecule has 0 radical (unpaired) electrons. The summed E-state index contributed by atoms with van der Waals surface area (Å²) in [4.78, 5) is 0. The van der Waals surface area contributed by atoms with Crippen molar-refractivity contribution in [2.75, 3.05) is 0 Å². The number of hydrogen-bond donors (Lipinski definition) is 0. The van der Waals surface area contributed by atoms with E-state index in [9.17, 15) is 30.5 Å². The molecule has 1 aromatic rings. The minimum absolute atomic E-state index is 0. The molecule has 0 aliphatic carbocycles. The molecule has 0 saturated heterocycles. The molecule has 0 aliphatic rings. The van der Waals surface area contributed by atoms with Gasteiger partial charge in [0.15, 0.2) is 0 Å². The number of halogens is 7. The minimum atomic E-state index is -5.59. The Bertz CT molecular complexity index is 389. The van der Waals surface area contributed by atoms with Crippen LogP contribution in [0, 0.1) is 5.82 Å². The Morgan fingerprint density at radius 3 is 1.94 bits per heavy atom. The third kappa shape index (κ3) is 5.60. The van der Waals surface area contributed by atoms with E-state index >= 15 is 0 Å². The Morgan fingerprint density at radius 2 is 1.59 bits per heavy atom. The molecule has 0 fully saturated rings. The van der Waals surface area contributed by atoms with Crippen molar-refractivity contribution < 1.29 is 86.6 Å². The molecule has 17 heavy (non-hydrogen) atoms. The van der Waals surface area contributed by atoms with E-state index in [-0.39, 0.29) is 63.5 Å². The monoisotopic (exact) mass is 286 g/mol. The van der Waals surface area contributed by atoms with Gasteiger partial charge in [-0.1, -0.05) is 11.5 Å². The van der Waals surface area contributed by atoms with E-state index in [4.69, 9.17) is 0 Å². The first-order chi connectivity index (χ1) is 7.09. The molecule has 0 atom stereocenters. The van der Waals surface area contributed by atoms with E-state index in [1.165, 1.54) is 0 Å². The van der Waals surface area contributed by atoms with Crippen LogP contribution in [-0.4, -0.2) is 13.3 Å². The van der Waals surface area contributed by atoms with E-state index < -0.39 is 30.4 Å². The third-order valence-electron chi connectivity index (χ3n) is 1.56. The molecule has 0 spiro atoms. The van der Waals surface area contributed by atoms with Gasteiger partial charge < -0.3 is 17.7 Å². The molecular weight excluding hydrogens is 283 g/mol. The van der Waals surface area contributed by atoms with Crippen LogP contribution in [0.5, 0.6) is 5.75 Å². The summed E-state index contributed by atoms with van der Waals surface area (Å²) in [5.41, 5.74) is -1.59. The normalized spacial score (nSPS) is 11.9. The second-order valence-corrected chi connectivity index (χ2v) is 2.81. The van der Waals surface area contributed by atoms with Crippen LogP contribution in [0.25, 0.3) is 0 Å². The fourth-order valence-corrected chi connectivity index (χ4v) is 0.970. The molecule has 0 heterocycles. The van der Waals surface area contributed by atoms with E-state index in [2.05, 4.69) is 4.74 Å². The Kier molecular flexibility index (Phi) is 6.00. The first-order valence-electron chi connectivity index (χ1n) is 3.85. The van der Waals surface area contributed by atoms with E-state index in [1.807, 2.05) is 0 Å². The Labute approximate surface area is 134 Å². The Balaban J connectivity index is 0.00000256. The van der Waals surface area contributed by atoms with Gasteiger partial charge in [0.25, 0.3) is 0 Å². The maximum Gasteiger partial charge on any atom is 1.00 e. The van der Waals surface area contributed by atoms with Gasteiger partial charge in [-0.25, -0.2) is 4.39 Å². The SMILES string of the molecule is Fc1cc(OC(F)(F)F)ccc1[B-](F)(F)F.[K+]. The topological polar surface area (TPSA) is 9.23 Å². The fourth-order valence-electron chi connectivity index (χ4n) is 0.970. The van der Waals surface area contributed by atoms with Crippen molar-refractivity contribution in [3.63, 3.8) is 0 Å². The zero-order valence-corrected chi connectivity index (χ0v) is 11.5. The fraction of sp³-hybridized carbons (Fsp3) is 0.143. The van der Waals surface area contributed by atoms with Gasteiger partial charge in [0.05, 0.1) is 5.82 Å². The maximum atomic E-state index is 12.8. The summed E-state index contributed by atoms with van der Waals surface area (Å²) in [7, 11) is 0. The Hall–Kier alpha value is 0.231. The predicted molar refractivity (Wildman–Crippen MR) is 41.8 cm³/mol. The maximum absolute atomic E-state index is 12.8. The van der Waals surface area contributed by atoms with Crippen molar-refractivity contribution >= 4 is 12.4 Å². The standard InChI is InChI=1S/C7H3BF7O.K/c9-6-3-4(16-7(10,11)12)1-2-5(6)8(13,14)15;/h1-3H;/q-1;+1. The largest absolute Gasteiger partial charge is 1.00 e. The third-order valence-corrected chi connectivity index (χ3v) is 1.56. The quantitative estimate of drug-likeness (QED) is 0.540. The molecule has 0 unspecified atom stereocenters. The van der Waals surface area contributed by atoms with Crippen molar-refractivity contribution in [2.45, 2.75) is 6.36 Å². The van der Waals surface area contributed by atoms with Crippen molar-refractivity contribution in [3.05, 3.63) is 24.0 Å². The van der Waals surface area contributed by atoms with Gasteiger partial charge in [-0.05, 0) is 6.07 Å². The zero-order chi connectivity index (χ0) is 12.6. The Morgan fingerprint density at radius 1 is 1.06 bits per heavy atom. The summed E-state index contributed by atoms with van der Waals surface area (Å²) in [6.07, 6.45) is -5.07. The van der Waals surface area contributed by atoms with Crippen LogP contribution >= 0.6 is 0 Å². The molecule has 0 bridgehead atoms. The molecule has 0 N–H and O–H groups in total. The molecule has 0 aliphatic heterocycles. The summed E-state index contributed by atoms with van der Waals surface area (Å²) in [6, 6.07) is 0.648. The first-order valence-corrected chi connectivity index (χ1v) is 3.85. The molecule has 0 saturated carbocycles. The number of hydrogen-bond acceptors (Lipinski definition) is 1. The van der Waals surface area contributed by atoms with Gasteiger partial charge in [0, 0.05) is 6.07 Å². The molecule has 90 valence electrons. The number of alkyl halides is 3. The summed E-state index contributed by atoms with van der Waals surface area (Å²) in [5.74, 6) is -2.83. The molecule has 10 heteroatoms. The van der Waals surface area contributed by atoms with E-state index in [0.717, 1.165) is 0 Å². The summed E-state index contributed by atoms with van der Waals surface area (Å²) in [5, 5.41) is 0. The molecule has 1 aromatic carbocycles. The van der Waals surface area contributed by atoms with Crippen LogP contribution in [0.1, 0.15) is 0 Å². The number of ether oxygens (including phenoxy) is 1. The molecule has 0 aromatic heterocycles. The average Bonchev–Trinajstić information content (AvgIpc) is 1.97. The van der Waals surface area contributed by atoms with E-state index in [1.54, 1.807) is 0 Å². The molecule has 1 rings (SSSR count). The van der Waals surface area contributed by atoms with Crippen molar-refractivity contribution in [1.29, 1.82) is 0 Å². The van der Waals surface area contributed by atoms with Gasteiger partial charge >= 0.3 is 64.7 Å². The van der Waals surface area contributed by atoms with Crippen LogP contribution in [0.15, 0.2) is 18.2 Å². The minimum Gasteiger partial charge on any atom is -0.445 e. The van der Waals surface area contributed by atoms with Crippen molar-refractivity contribution in [1.82, 2.24) is 0 Å². The van der Waals surface area contributed by atoms with Crippen LogP contribution in [0.4, 0.5) is 30.5 Å². The zero-order valence-electron chi connectivity index (χ0n) is 8.36. The van der Waals surface area contributed by atoms with Crippen LogP contribution in [0.3, 0.4) is 0 Å². The van der Waals surface area contributed by atoms with Gasteiger partial charge in [-0.2, -0.15) is 0 Å². The molecular formula is C7H3BF7KO. The van der Waals surface area contributed by atoms with Gasteiger partial charge in [0.1, 0.15) is 5.75 Å². The first kappa shape index (κ1) is 17.2. The second kappa shape index (κ2) is 5.91.